The van der Waals surface area contributed by atoms with E-state index < -0.39 is 6.04 Å². The number of carbonyl (C=O) groups is 4. The summed E-state index contributed by atoms with van der Waals surface area (Å²) in [4.78, 5) is 53.8. The molecule has 176 valence electrons. The highest BCUT2D eigenvalue weighted by atomic mass is 16.2. The average molecular weight is 453 g/mol. The van der Waals surface area contributed by atoms with Crippen molar-refractivity contribution in [3.05, 3.63) is 29.3 Å². The van der Waals surface area contributed by atoms with Gasteiger partial charge >= 0.3 is 0 Å². The van der Waals surface area contributed by atoms with Crippen molar-refractivity contribution in [2.24, 2.45) is 5.41 Å². The summed E-state index contributed by atoms with van der Waals surface area (Å²) < 4.78 is 0. The number of nitrogens with zero attached hydrogens (tertiary/aromatic N) is 3. The van der Waals surface area contributed by atoms with Crippen molar-refractivity contribution in [3.63, 3.8) is 0 Å². The van der Waals surface area contributed by atoms with Crippen LogP contribution in [0, 0.1) is 5.41 Å². The Hall–Kier alpha value is -2.74. The number of likely N-dealkylation sites (tertiary alicyclic amines) is 1. The number of benzene rings is 1. The summed E-state index contributed by atoms with van der Waals surface area (Å²) in [6.07, 6.45) is 7.06. The molecule has 5 rings (SSSR count). The van der Waals surface area contributed by atoms with Crippen LogP contribution in [-0.4, -0.2) is 72.6 Å². The van der Waals surface area contributed by atoms with E-state index in [1.165, 1.54) is 25.7 Å². The smallest absolute Gasteiger partial charge is 0.255 e. The Labute approximate surface area is 194 Å². The van der Waals surface area contributed by atoms with Gasteiger partial charge < -0.3 is 19.5 Å². The Bertz CT molecular complexity index is 959. The number of carbonyl (C=O) groups excluding carboxylic acids is 4. The molecule has 0 aliphatic carbocycles. The number of aldehydes is 1. The topological polar surface area (TPSA) is 90.0 Å². The lowest BCUT2D eigenvalue weighted by molar-refractivity contribution is -0.136. The normalized spacial score (nSPS) is 25.3. The molecule has 1 aromatic carbocycles. The maximum Gasteiger partial charge on any atom is 0.255 e. The van der Waals surface area contributed by atoms with E-state index in [9.17, 15) is 19.2 Å². The fourth-order valence-corrected chi connectivity index (χ4v) is 5.98. The fraction of sp³-hybridized carbons (Fsp3) is 0.600. The summed E-state index contributed by atoms with van der Waals surface area (Å²) >= 11 is 0. The first-order chi connectivity index (χ1) is 16.0. The van der Waals surface area contributed by atoms with Gasteiger partial charge in [0.25, 0.3) is 5.91 Å². The second-order valence-electron chi connectivity index (χ2n) is 10.0. The molecule has 0 aromatic heterocycles. The summed E-state index contributed by atoms with van der Waals surface area (Å²) in [7, 11) is 0. The number of amides is 3. The van der Waals surface area contributed by atoms with E-state index in [0.717, 1.165) is 50.3 Å². The van der Waals surface area contributed by atoms with E-state index in [4.69, 9.17) is 0 Å². The zero-order valence-electron chi connectivity index (χ0n) is 19.1. The SMILES string of the molecule is O=CCCN1CCC2(CC1)CCN(c1ccc3c(c1)CN(C1CCC(=O)NC1=O)C3=O)CC2. The number of fused-ring (bicyclic) bond motifs is 1. The summed E-state index contributed by atoms with van der Waals surface area (Å²) in [6.45, 7) is 5.50. The molecule has 4 aliphatic heterocycles. The van der Waals surface area contributed by atoms with E-state index in [1.54, 1.807) is 4.90 Å². The van der Waals surface area contributed by atoms with Crippen molar-refractivity contribution in [3.8, 4) is 0 Å². The minimum Gasteiger partial charge on any atom is -0.371 e. The largest absolute Gasteiger partial charge is 0.371 e. The highest BCUT2D eigenvalue weighted by Crippen LogP contribution is 2.42. The van der Waals surface area contributed by atoms with Crippen LogP contribution in [-0.2, 0) is 20.9 Å². The second-order valence-corrected chi connectivity index (χ2v) is 10.0. The van der Waals surface area contributed by atoms with Crippen molar-refractivity contribution in [2.75, 3.05) is 37.6 Å². The number of rotatable bonds is 5. The first kappa shape index (κ1) is 22.1. The number of nitrogens with one attached hydrogen (secondary N) is 1. The highest BCUT2D eigenvalue weighted by molar-refractivity contribution is 6.05. The van der Waals surface area contributed by atoms with Gasteiger partial charge in [0.2, 0.25) is 11.8 Å². The molecule has 3 fully saturated rings. The first-order valence-electron chi connectivity index (χ1n) is 12.2. The molecule has 1 N–H and O–H groups in total. The van der Waals surface area contributed by atoms with Gasteiger partial charge in [0.15, 0.2) is 0 Å². The van der Waals surface area contributed by atoms with Crippen molar-refractivity contribution >= 4 is 29.7 Å². The highest BCUT2D eigenvalue weighted by Gasteiger charge is 2.40. The molecule has 8 heteroatoms. The molecule has 1 atom stereocenters. The molecule has 4 heterocycles. The molecule has 3 amide bonds. The van der Waals surface area contributed by atoms with E-state index in [-0.39, 0.29) is 24.1 Å². The number of piperidine rings is 3. The maximum absolute atomic E-state index is 12.9. The van der Waals surface area contributed by atoms with Gasteiger partial charge in [-0.25, -0.2) is 0 Å². The van der Waals surface area contributed by atoms with Gasteiger partial charge in [-0.15, -0.1) is 0 Å². The van der Waals surface area contributed by atoms with Crippen molar-refractivity contribution in [1.82, 2.24) is 15.1 Å². The monoisotopic (exact) mass is 452 g/mol. The van der Waals surface area contributed by atoms with Crippen LogP contribution in [0.2, 0.25) is 0 Å². The van der Waals surface area contributed by atoms with Crippen LogP contribution in [0.15, 0.2) is 18.2 Å². The number of hydrogen-bond acceptors (Lipinski definition) is 6. The third-order valence-electron chi connectivity index (χ3n) is 8.18. The second kappa shape index (κ2) is 8.89. The van der Waals surface area contributed by atoms with Crippen LogP contribution < -0.4 is 10.2 Å². The predicted octanol–water partition coefficient (Wildman–Crippen LogP) is 1.72. The van der Waals surface area contributed by atoms with E-state index in [2.05, 4.69) is 21.2 Å². The maximum atomic E-state index is 12.9. The van der Waals surface area contributed by atoms with Gasteiger partial charge in [-0.1, -0.05) is 0 Å². The van der Waals surface area contributed by atoms with Crippen LogP contribution in [0.3, 0.4) is 0 Å². The van der Waals surface area contributed by atoms with Crippen LogP contribution in [0.4, 0.5) is 5.69 Å². The predicted molar refractivity (Wildman–Crippen MR) is 123 cm³/mol. The quantitative estimate of drug-likeness (QED) is 0.541. The Morgan fingerprint density at radius 2 is 1.76 bits per heavy atom. The van der Waals surface area contributed by atoms with Crippen molar-refractivity contribution < 1.29 is 19.2 Å². The van der Waals surface area contributed by atoms with Crippen LogP contribution in [0.25, 0.3) is 0 Å². The van der Waals surface area contributed by atoms with Gasteiger partial charge in [-0.05, 0) is 74.4 Å². The fourth-order valence-electron chi connectivity index (χ4n) is 5.98. The number of hydrogen-bond donors (Lipinski definition) is 1. The molecule has 8 nitrogen and oxygen atoms in total. The van der Waals surface area contributed by atoms with E-state index in [1.807, 2.05) is 12.1 Å². The Kier molecular flexibility index (Phi) is 5.95. The third-order valence-corrected chi connectivity index (χ3v) is 8.18. The molecular formula is C25H32N4O4. The van der Waals surface area contributed by atoms with E-state index >= 15 is 0 Å². The molecule has 0 saturated carbocycles. The van der Waals surface area contributed by atoms with Gasteiger partial charge in [0.1, 0.15) is 12.3 Å². The number of imide groups is 1. The lowest BCUT2D eigenvalue weighted by Crippen LogP contribution is -2.52. The Morgan fingerprint density at radius 1 is 1.03 bits per heavy atom. The third kappa shape index (κ3) is 4.28. The van der Waals surface area contributed by atoms with Gasteiger partial charge in [0, 0.05) is 50.3 Å². The average Bonchev–Trinajstić information content (AvgIpc) is 3.15. The standard InChI is InChI=1S/C25H32N4O4/c30-15-1-10-27-11-6-25(7-12-27)8-13-28(14-9-25)19-2-3-20-18(16-19)17-29(24(20)33)21-4-5-22(31)26-23(21)32/h2-3,15-16,21H,1,4-14,17H2,(H,26,31,32). The Balaban J connectivity index is 1.20. The Morgan fingerprint density at radius 3 is 2.45 bits per heavy atom. The molecular weight excluding hydrogens is 420 g/mol. The minimum atomic E-state index is -0.571. The zero-order valence-corrected chi connectivity index (χ0v) is 19.1. The zero-order chi connectivity index (χ0) is 23.0. The molecule has 33 heavy (non-hydrogen) atoms. The van der Waals surface area contributed by atoms with Crippen LogP contribution in [0.1, 0.15) is 60.9 Å². The molecule has 0 bridgehead atoms. The molecule has 1 unspecified atom stereocenters. The summed E-state index contributed by atoms with van der Waals surface area (Å²) in [5, 5.41) is 2.36. The summed E-state index contributed by atoms with van der Waals surface area (Å²) in [6, 6.07) is 5.47. The summed E-state index contributed by atoms with van der Waals surface area (Å²) in [5.74, 6) is -0.756. The lowest BCUT2D eigenvalue weighted by atomic mass is 9.71. The van der Waals surface area contributed by atoms with Crippen molar-refractivity contribution in [1.29, 1.82) is 0 Å². The van der Waals surface area contributed by atoms with Gasteiger partial charge in [-0.3, -0.25) is 19.7 Å². The lowest BCUT2D eigenvalue weighted by Gasteiger charge is -2.47. The molecule has 0 radical (unpaired) electrons. The van der Waals surface area contributed by atoms with Crippen LogP contribution in [0.5, 0.6) is 0 Å². The molecule has 4 aliphatic rings. The molecule has 1 aromatic rings. The van der Waals surface area contributed by atoms with Crippen LogP contribution >= 0.6 is 0 Å². The van der Waals surface area contributed by atoms with Gasteiger partial charge in [0.05, 0.1) is 0 Å². The first-order valence-corrected chi connectivity index (χ1v) is 12.2. The molecule has 1 spiro atoms. The van der Waals surface area contributed by atoms with Crippen molar-refractivity contribution in [2.45, 2.75) is 57.5 Å². The number of anilines is 1. The summed E-state index contributed by atoms with van der Waals surface area (Å²) in [5.41, 5.74) is 3.19. The van der Waals surface area contributed by atoms with Gasteiger partial charge in [-0.2, -0.15) is 0 Å². The minimum absolute atomic E-state index is 0.120. The molecule has 3 saturated heterocycles. The van der Waals surface area contributed by atoms with E-state index in [0.29, 0.717) is 30.4 Å².